The van der Waals surface area contributed by atoms with Crippen molar-refractivity contribution in [2.75, 3.05) is 11.9 Å². The highest BCUT2D eigenvalue weighted by molar-refractivity contribution is 5.97. The molecule has 0 atom stereocenters. The van der Waals surface area contributed by atoms with Crippen molar-refractivity contribution < 1.29 is 14.4 Å². The normalized spacial score (nSPS) is 10.4. The van der Waals surface area contributed by atoms with Gasteiger partial charge in [-0.1, -0.05) is 36.4 Å². The predicted octanol–water partition coefficient (Wildman–Crippen LogP) is 2.73. The van der Waals surface area contributed by atoms with Crippen molar-refractivity contribution in [1.29, 1.82) is 0 Å². The van der Waals surface area contributed by atoms with Gasteiger partial charge in [0.2, 0.25) is 5.91 Å². The molecule has 2 aromatic carbocycles. The zero-order valence-electron chi connectivity index (χ0n) is 16.1. The first-order valence-corrected chi connectivity index (χ1v) is 9.14. The molecule has 4 amide bonds. The lowest BCUT2D eigenvalue weighted by atomic mass is 10.1. The fraction of sp³-hybridized carbons (Fsp3) is 0.286. The fourth-order valence-electron chi connectivity index (χ4n) is 2.64. The Morgan fingerprint density at radius 2 is 1.75 bits per heavy atom. The molecule has 148 valence electrons. The molecule has 2 aromatic rings. The van der Waals surface area contributed by atoms with Gasteiger partial charge in [0.1, 0.15) is 0 Å². The quantitative estimate of drug-likeness (QED) is 0.654. The van der Waals surface area contributed by atoms with Crippen LogP contribution in [0.3, 0.4) is 0 Å². The van der Waals surface area contributed by atoms with Crippen LogP contribution in [-0.2, 0) is 11.3 Å². The van der Waals surface area contributed by atoms with Crippen molar-refractivity contribution in [2.24, 2.45) is 5.73 Å². The third kappa shape index (κ3) is 6.75. The highest BCUT2D eigenvalue weighted by Gasteiger charge is 2.17. The van der Waals surface area contributed by atoms with Gasteiger partial charge in [0.25, 0.3) is 5.91 Å². The summed E-state index contributed by atoms with van der Waals surface area (Å²) in [6.45, 7) is 4.30. The second-order valence-electron chi connectivity index (χ2n) is 6.76. The van der Waals surface area contributed by atoms with Crippen LogP contribution in [0.4, 0.5) is 10.5 Å². The Balaban J connectivity index is 2.16. The van der Waals surface area contributed by atoms with E-state index in [4.69, 9.17) is 5.73 Å². The van der Waals surface area contributed by atoms with Crippen LogP contribution in [0.2, 0.25) is 0 Å². The number of carbonyl (C=O) groups is 3. The zero-order chi connectivity index (χ0) is 20.5. The molecule has 0 unspecified atom stereocenters. The molecule has 2 rings (SSSR count). The van der Waals surface area contributed by atoms with Crippen molar-refractivity contribution in [3.05, 3.63) is 65.7 Å². The van der Waals surface area contributed by atoms with Gasteiger partial charge in [-0.05, 0) is 37.6 Å². The second-order valence-corrected chi connectivity index (χ2v) is 6.76. The number of nitrogens with one attached hydrogen (secondary N) is 2. The summed E-state index contributed by atoms with van der Waals surface area (Å²) in [4.78, 5) is 37.7. The van der Waals surface area contributed by atoms with Gasteiger partial charge >= 0.3 is 6.03 Å². The molecule has 0 saturated carbocycles. The lowest BCUT2D eigenvalue weighted by Crippen LogP contribution is -2.35. The van der Waals surface area contributed by atoms with Crippen LogP contribution in [0.1, 0.15) is 36.2 Å². The Labute approximate surface area is 164 Å². The summed E-state index contributed by atoms with van der Waals surface area (Å²) in [5, 5.41) is 5.44. The Hall–Kier alpha value is -3.35. The summed E-state index contributed by atoms with van der Waals surface area (Å²) in [5.41, 5.74) is 7.14. The van der Waals surface area contributed by atoms with E-state index in [1.54, 1.807) is 29.2 Å². The van der Waals surface area contributed by atoms with E-state index in [-0.39, 0.29) is 30.9 Å². The highest BCUT2D eigenvalue weighted by Crippen LogP contribution is 2.15. The number of hydrogen-bond donors (Lipinski definition) is 3. The molecular weight excluding hydrogens is 356 g/mol. The molecule has 0 aromatic heterocycles. The molecule has 7 nitrogen and oxygen atoms in total. The van der Waals surface area contributed by atoms with Crippen molar-refractivity contribution in [1.82, 2.24) is 10.2 Å². The van der Waals surface area contributed by atoms with E-state index in [9.17, 15) is 14.4 Å². The third-order valence-electron chi connectivity index (χ3n) is 3.92. The number of primary amides is 1. The highest BCUT2D eigenvalue weighted by atomic mass is 16.2. The maximum Gasteiger partial charge on any atom is 0.319 e. The number of rotatable bonds is 8. The minimum absolute atomic E-state index is 0.0000201. The molecule has 28 heavy (non-hydrogen) atoms. The summed E-state index contributed by atoms with van der Waals surface area (Å²) < 4.78 is 0. The zero-order valence-corrected chi connectivity index (χ0v) is 16.1. The third-order valence-corrected chi connectivity index (χ3v) is 3.92. The molecule has 0 bridgehead atoms. The van der Waals surface area contributed by atoms with Gasteiger partial charge in [-0.25, -0.2) is 4.79 Å². The number of benzene rings is 2. The lowest BCUT2D eigenvalue weighted by molar-refractivity contribution is -0.118. The van der Waals surface area contributed by atoms with Gasteiger partial charge in [-0.3, -0.25) is 9.59 Å². The molecular formula is C21H26N4O3. The summed E-state index contributed by atoms with van der Waals surface area (Å²) in [6.07, 6.45) is 0.0767. The predicted molar refractivity (Wildman–Crippen MR) is 109 cm³/mol. The summed E-state index contributed by atoms with van der Waals surface area (Å²) in [7, 11) is 0. The maximum absolute atomic E-state index is 13.0. The van der Waals surface area contributed by atoms with E-state index >= 15 is 0 Å². The first-order valence-electron chi connectivity index (χ1n) is 9.14. The van der Waals surface area contributed by atoms with E-state index < -0.39 is 5.91 Å². The fourth-order valence-corrected chi connectivity index (χ4v) is 2.64. The lowest BCUT2D eigenvalue weighted by Gasteiger charge is -2.23. The molecule has 4 N–H and O–H groups in total. The molecule has 0 saturated heterocycles. The van der Waals surface area contributed by atoms with Crippen LogP contribution in [0.5, 0.6) is 0 Å². The second kappa shape index (κ2) is 10.1. The van der Waals surface area contributed by atoms with Crippen LogP contribution in [0.25, 0.3) is 0 Å². The van der Waals surface area contributed by atoms with E-state index in [2.05, 4.69) is 10.6 Å². The van der Waals surface area contributed by atoms with Crippen molar-refractivity contribution in [3.63, 3.8) is 0 Å². The van der Waals surface area contributed by atoms with Gasteiger partial charge < -0.3 is 21.3 Å². The molecule has 0 fully saturated rings. The van der Waals surface area contributed by atoms with Gasteiger partial charge in [0.15, 0.2) is 0 Å². The van der Waals surface area contributed by atoms with E-state index in [1.807, 2.05) is 44.2 Å². The first kappa shape index (κ1) is 21.0. The first-order chi connectivity index (χ1) is 13.3. The number of nitrogens with two attached hydrogens (primary N) is 1. The molecule has 7 heteroatoms. The smallest absolute Gasteiger partial charge is 0.319 e. The molecule has 0 heterocycles. The number of nitrogens with zero attached hydrogens (tertiary/aromatic N) is 1. The largest absolute Gasteiger partial charge is 0.370 e. The van der Waals surface area contributed by atoms with E-state index in [0.717, 1.165) is 5.56 Å². The molecule has 0 aliphatic carbocycles. The van der Waals surface area contributed by atoms with Gasteiger partial charge in [0, 0.05) is 36.8 Å². The van der Waals surface area contributed by atoms with E-state index in [1.165, 1.54) is 0 Å². The topological polar surface area (TPSA) is 105 Å². The van der Waals surface area contributed by atoms with Crippen LogP contribution in [-0.4, -0.2) is 35.3 Å². The SMILES string of the molecule is CC(C)NC(=O)Nc1cccc(C(=O)N(CCC(N)=O)Cc2ccccc2)c1. The van der Waals surface area contributed by atoms with Gasteiger partial charge in [0.05, 0.1) is 0 Å². The Bertz CT molecular complexity index is 821. The van der Waals surface area contributed by atoms with Gasteiger partial charge in [-0.15, -0.1) is 0 Å². The number of anilines is 1. The Morgan fingerprint density at radius 1 is 1.04 bits per heavy atom. The standard InChI is InChI=1S/C21H26N4O3/c1-15(2)23-21(28)24-18-10-6-9-17(13-18)20(27)25(12-11-19(22)26)14-16-7-4-3-5-8-16/h3-10,13,15H,11-12,14H2,1-2H3,(H2,22,26)(H2,23,24,28). The monoisotopic (exact) mass is 382 g/mol. The van der Waals surface area contributed by atoms with Crippen LogP contribution in [0.15, 0.2) is 54.6 Å². The number of amides is 4. The molecule has 0 aliphatic rings. The summed E-state index contributed by atoms with van der Waals surface area (Å²) in [6, 6.07) is 15.9. The van der Waals surface area contributed by atoms with Crippen LogP contribution >= 0.6 is 0 Å². The number of hydrogen-bond acceptors (Lipinski definition) is 3. The summed E-state index contributed by atoms with van der Waals surface area (Å²) in [5.74, 6) is -0.704. The summed E-state index contributed by atoms with van der Waals surface area (Å²) >= 11 is 0. The Kier molecular flexibility index (Phi) is 7.56. The van der Waals surface area contributed by atoms with Crippen molar-refractivity contribution in [2.45, 2.75) is 32.9 Å². The minimum Gasteiger partial charge on any atom is -0.370 e. The number of carbonyl (C=O) groups excluding carboxylic acids is 3. The minimum atomic E-state index is -0.466. The number of urea groups is 1. The van der Waals surface area contributed by atoms with Gasteiger partial charge in [-0.2, -0.15) is 0 Å². The Morgan fingerprint density at radius 3 is 2.39 bits per heavy atom. The molecule has 0 spiro atoms. The van der Waals surface area contributed by atoms with Crippen molar-refractivity contribution >= 4 is 23.5 Å². The van der Waals surface area contributed by atoms with Crippen LogP contribution < -0.4 is 16.4 Å². The average Bonchev–Trinajstić information content (AvgIpc) is 2.64. The maximum atomic E-state index is 13.0. The molecule has 0 aliphatic heterocycles. The molecule has 0 radical (unpaired) electrons. The average molecular weight is 382 g/mol. The van der Waals surface area contributed by atoms with Crippen LogP contribution in [0, 0.1) is 0 Å². The van der Waals surface area contributed by atoms with Crippen molar-refractivity contribution in [3.8, 4) is 0 Å². The van der Waals surface area contributed by atoms with E-state index in [0.29, 0.717) is 17.8 Å².